The van der Waals surface area contributed by atoms with Gasteiger partial charge >= 0.3 is 6.09 Å². The Kier molecular flexibility index (Phi) is 9.21. The lowest BCUT2D eigenvalue weighted by atomic mass is 9.97. The quantitative estimate of drug-likeness (QED) is 0.512. The van der Waals surface area contributed by atoms with Gasteiger partial charge in [0.15, 0.2) is 0 Å². The van der Waals surface area contributed by atoms with Gasteiger partial charge < -0.3 is 10.0 Å². The smallest absolute Gasteiger partial charge is 0.407 e. The van der Waals surface area contributed by atoms with E-state index >= 15 is 0 Å². The van der Waals surface area contributed by atoms with Crippen molar-refractivity contribution < 1.29 is 9.90 Å². The maximum Gasteiger partial charge on any atom is 0.407 e. The van der Waals surface area contributed by atoms with Crippen LogP contribution < -0.4 is 0 Å². The summed E-state index contributed by atoms with van der Waals surface area (Å²) in [5.41, 5.74) is 2.44. The Morgan fingerprint density at radius 1 is 1.17 bits per heavy atom. The molecule has 24 heavy (non-hydrogen) atoms. The molecule has 0 aliphatic rings. The Labute approximate surface area is 147 Å². The van der Waals surface area contributed by atoms with E-state index in [0.717, 1.165) is 37.7 Å². The van der Waals surface area contributed by atoms with Crippen LogP contribution in [0.5, 0.6) is 0 Å². The average molecular weight is 332 g/mol. The van der Waals surface area contributed by atoms with Crippen LogP contribution in [0.3, 0.4) is 0 Å². The van der Waals surface area contributed by atoms with Crippen LogP contribution in [0.25, 0.3) is 0 Å². The van der Waals surface area contributed by atoms with Gasteiger partial charge in [-0.1, -0.05) is 62.2 Å². The standard InChI is InChI=1S/C21H33NO2/c1-5-10-20(19-13-7-6-8-14-19)22(21(23)24)16-15-18(4)12-9-11-17(2)3/h6-8,11,13-14,18,20H,5,9-10,12,15-16H2,1-4H3,(H,23,24)/t18?,20-/m0/s1. The van der Waals surface area contributed by atoms with Crippen molar-refractivity contribution in [2.75, 3.05) is 6.54 Å². The van der Waals surface area contributed by atoms with Crippen LogP contribution in [0, 0.1) is 5.92 Å². The normalized spacial score (nSPS) is 13.2. The van der Waals surface area contributed by atoms with Gasteiger partial charge in [0, 0.05) is 6.54 Å². The fourth-order valence-electron chi connectivity index (χ4n) is 3.00. The maximum atomic E-state index is 11.8. The number of nitrogens with zero attached hydrogens (tertiary/aromatic N) is 1. The number of amides is 1. The van der Waals surface area contributed by atoms with Crippen LogP contribution in [0.4, 0.5) is 4.79 Å². The maximum absolute atomic E-state index is 11.8. The molecule has 3 nitrogen and oxygen atoms in total. The van der Waals surface area contributed by atoms with Crippen LogP contribution in [0.2, 0.25) is 0 Å². The predicted molar refractivity (Wildman–Crippen MR) is 101 cm³/mol. The van der Waals surface area contributed by atoms with Crippen molar-refractivity contribution >= 4 is 6.09 Å². The van der Waals surface area contributed by atoms with E-state index in [0.29, 0.717) is 12.5 Å². The summed E-state index contributed by atoms with van der Waals surface area (Å²) in [7, 11) is 0. The highest BCUT2D eigenvalue weighted by Gasteiger charge is 2.24. The number of allylic oxidation sites excluding steroid dienone is 2. The molecule has 3 heteroatoms. The molecule has 1 aromatic carbocycles. The zero-order valence-corrected chi connectivity index (χ0v) is 15.7. The first-order valence-corrected chi connectivity index (χ1v) is 9.13. The van der Waals surface area contributed by atoms with Crippen LogP contribution in [0.15, 0.2) is 42.0 Å². The highest BCUT2D eigenvalue weighted by molar-refractivity contribution is 5.65. The fraction of sp³-hybridized carbons (Fsp3) is 0.571. The van der Waals surface area contributed by atoms with Crippen molar-refractivity contribution in [2.45, 2.75) is 65.8 Å². The van der Waals surface area contributed by atoms with Gasteiger partial charge in [0.05, 0.1) is 6.04 Å². The molecule has 0 fully saturated rings. The number of hydrogen-bond donors (Lipinski definition) is 1. The SMILES string of the molecule is CCC[C@@H](c1ccccc1)N(CCC(C)CCC=C(C)C)C(=O)O. The van der Waals surface area contributed by atoms with Crippen molar-refractivity contribution in [3.05, 3.63) is 47.5 Å². The minimum Gasteiger partial charge on any atom is -0.465 e. The second kappa shape index (κ2) is 10.9. The van der Waals surface area contributed by atoms with Gasteiger partial charge in [0.2, 0.25) is 0 Å². The summed E-state index contributed by atoms with van der Waals surface area (Å²) < 4.78 is 0. The van der Waals surface area contributed by atoms with Gasteiger partial charge in [-0.05, 0) is 51.0 Å². The van der Waals surface area contributed by atoms with E-state index in [1.807, 2.05) is 30.3 Å². The zero-order valence-electron chi connectivity index (χ0n) is 15.7. The van der Waals surface area contributed by atoms with Gasteiger partial charge in [-0.2, -0.15) is 0 Å². The Morgan fingerprint density at radius 2 is 1.83 bits per heavy atom. The highest BCUT2D eigenvalue weighted by Crippen LogP contribution is 2.27. The molecular formula is C21H33NO2. The lowest BCUT2D eigenvalue weighted by Gasteiger charge is -2.30. The Balaban J connectivity index is 2.70. The molecule has 1 rings (SSSR count). The van der Waals surface area contributed by atoms with E-state index in [9.17, 15) is 9.90 Å². The molecule has 0 spiro atoms. The van der Waals surface area contributed by atoms with Crippen molar-refractivity contribution in [3.8, 4) is 0 Å². The summed E-state index contributed by atoms with van der Waals surface area (Å²) in [6.45, 7) is 9.16. The van der Waals surface area contributed by atoms with Crippen LogP contribution in [-0.4, -0.2) is 22.6 Å². The van der Waals surface area contributed by atoms with Gasteiger partial charge in [-0.25, -0.2) is 4.79 Å². The van der Waals surface area contributed by atoms with E-state index < -0.39 is 6.09 Å². The van der Waals surface area contributed by atoms with Crippen LogP contribution >= 0.6 is 0 Å². The molecule has 1 unspecified atom stereocenters. The monoisotopic (exact) mass is 331 g/mol. The minimum atomic E-state index is -0.811. The number of benzene rings is 1. The number of carbonyl (C=O) groups is 1. The molecule has 2 atom stereocenters. The zero-order chi connectivity index (χ0) is 17.9. The highest BCUT2D eigenvalue weighted by atomic mass is 16.4. The van der Waals surface area contributed by atoms with Crippen molar-refractivity contribution in [3.63, 3.8) is 0 Å². The molecule has 0 aromatic heterocycles. The van der Waals surface area contributed by atoms with E-state index in [4.69, 9.17) is 0 Å². The Bertz CT molecular complexity index is 506. The molecule has 0 saturated carbocycles. The van der Waals surface area contributed by atoms with Crippen LogP contribution in [-0.2, 0) is 0 Å². The van der Waals surface area contributed by atoms with Crippen molar-refractivity contribution in [1.29, 1.82) is 0 Å². The number of hydrogen-bond acceptors (Lipinski definition) is 1. The van der Waals surface area contributed by atoms with Gasteiger partial charge in [-0.15, -0.1) is 0 Å². The number of carboxylic acid groups (broad SMARTS) is 1. The first-order valence-electron chi connectivity index (χ1n) is 9.13. The molecule has 1 N–H and O–H groups in total. The molecular weight excluding hydrogens is 298 g/mol. The van der Waals surface area contributed by atoms with E-state index in [1.165, 1.54) is 5.57 Å². The lowest BCUT2D eigenvalue weighted by molar-refractivity contribution is 0.117. The second-order valence-corrected chi connectivity index (χ2v) is 6.94. The van der Waals surface area contributed by atoms with E-state index in [1.54, 1.807) is 4.90 Å². The molecule has 1 aromatic rings. The van der Waals surface area contributed by atoms with Gasteiger partial charge in [0.25, 0.3) is 0 Å². The van der Waals surface area contributed by atoms with Gasteiger partial charge in [-0.3, -0.25) is 0 Å². The Hall–Kier alpha value is -1.77. The van der Waals surface area contributed by atoms with E-state index in [-0.39, 0.29) is 6.04 Å². The molecule has 0 heterocycles. The summed E-state index contributed by atoms with van der Waals surface area (Å²) in [6, 6.07) is 9.98. The minimum absolute atomic E-state index is 0.0429. The Morgan fingerprint density at radius 3 is 2.38 bits per heavy atom. The molecule has 0 saturated heterocycles. The van der Waals surface area contributed by atoms with Crippen molar-refractivity contribution in [2.24, 2.45) is 5.92 Å². The second-order valence-electron chi connectivity index (χ2n) is 6.94. The average Bonchev–Trinajstić information content (AvgIpc) is 2.54. The molecule has 0 aliphatic carbocycles. The summed E-state index contributed by atoms with van der Waals surface area (Å²) in [5, 5.41) is 9.71. The first-order chi connectivity index (χ1) is 11.5. The summed E-state index contributed by atoms with van der Waals surface area (Å²) in [4.78, 5) is 13.5. The summed E-state index contributed by atoms with van der Waals surface area (Å²) >= 11 is 0. The molecule has 0 aliphatic heterocycles. The third-order valence-corrected chi connectivity index (χ3v) is 4.44. The predicted octanol–water partition coefficient (Wildman–Crippen LogP) is 6.28. The molecule has 0 bridgehead atoms. The van der Waals surface area contributed by atoms with Crippen molar-refractivity contribution in [1.82, 2.24) is 4.90 Å². The fourth-order valence-corrected chi connectivity index (χ4v) is 3.00. The largest absolute Gasteiger partial charge is 0.465 e. The van der Waals surface area contributed by atoms with Gasteiger partial charge in [0.1, 0.15) is 0 Å². The third-order valence-electron chi connectivity index (χ3n) is 4.44. The molecule has 1 amide bonds. The first kappa shape index (κ1) is 20.3. The molecule has 0 radical (unpaired) electrons. The van der Waals surface area contributed by atoms with Crippen LogP contribution in [0.1, 0.15) is 71.4 Å². The lowest BCUT2D eigenvalue weighted by Crippen LogP contribution is -2.35. The third kappa shape index (κ3) is 7.20. The number of rotatable bonds is 10. The summed E-state index contributed by atoms with van der Waals surface area (Å²) in [6.07, 6.45) is 6.39. The molecule has 134 valence electrons. The topological polar surface area (TPSA) is 40.5 Å². The van der Waals surface area contributed by atoms with E-state index in [2.05, 4.69) is 33.8 Å². The summed E-state index contributed by atoms with van der Waals surface area (Å²) in [5.74, 6) is 0.528.